The van der Waals surface area contributed by atoms with Crippen molar-refractivity contribution in [2.24, 2.45) is 10.9 Å². The maximum Gasteiger partial charge on any atom is 0.236 e. The van der Waals surface area contributed by atoms with E-state index in [1.807, 2.05) is 18.5 Å². The zero-order valence-corrected chi connectivity index (χ0v) is 18.4. The number of piperidine rings is 1. The van der Waals surface area contributed by atoms with Gasteiger partial charge in [0, 0.05) is 75.6 Å². The average Bonchev–Trinajstić information content (AvgIpc) is 2.75. The number of likely N-dealkylation sites (N-methyl/N-ethyl adjacent to an activating group) is 1. The summed E-state index contributed by atoms with van der Waals surface area (Å²) in [6.45, 7) is 8.50. The number of pyridine rings is 1. The van der Waals surface area contributed by atoms with E-state index < -0.39 is 0 Å². The van der Waals surface area contributed by atoms with Crippen molar-refractivity contribution in [1.29, 1.82) is 0 Å². The van der Waals surface area contributed by atoms with Crippen LogP contribution in [0, 0.1) is 5.92 Å². The number of rotatable bonds is 4. The summed E-state index contributed by atoms with van der Waals surface area (Å²) in [5.41, 5.74) is 3.34. The molecule has 2 saturated heterocycles. The Kier molecular flexibility index (Phi) is 6.44. The number of nitrogens with zero attached hydrogens (tertiary/aromatic N) is 5. The summed E-state index contributed by atoms with van der Waals surface area (Å²) < 4.78 is 0. The molecule has 2 fully saturated rings. The molecule has 1 aromatic heterocycles. The molecule has 6 heteroatoms. The third-order valence-electron chi connectivity index (χ3n) is 6.51. The van der Waals surface area contributed by atoms with Gasteiger partial charge in [-0.05, 0) is 31.0 Å². The number of hydrogen-bond acceptors (Lipinski definition) is 5. The van der Waals surface area contributed by atoms with E-state index in [4.69, 9.17) is 0 Å². The number of hydrogen-bond donors (Lipinski definition) is 0. The average molecular weight is 408 g/mol. The molecule has 0 unspecified atom stereocenters. The van der Waals surface area contributed by atoms with Gasteiger partial charge in [-0.1, -0.05) is 25.1 Å². The first kappa shape index (κ1) is 20.9. The molecule has 30 heavy (non-hydrogen) atoms. The molecule has 6 nitrogen and oxygen atoms in total. The van der Waals surface area contributed by atoms with Crippen LogP contribution >= 0.6 is 0 Å². The van der Waals surface area contributed by atoms with Crippen LogP contribution in [0.25, 0.3) is 10.9 Å². The summed E-state index contributed by atoms with van der Waals surface area (Å²) in [6.07, 6.45) is 4.81. The van der Waals surface area contributed by atoms with E-state index in [0.717, 1.165) is 56.8 Å². The predicted octanol–water partition coefficient (Wildman–Crippen LogP) is 2.48. The Bertz CT molecular complexity index is 919. The Morgan fingerprint density at radius 1 is 1.20 bits per heavy atom. The normalized spacial score (nSPS) is 24.0. The molecule has 2 aliphatic heterocycles. The lowest BCUT2D eigenvalue weighted by molar-refractivity contribution is -0.134. The van der Waals surface area contributed by atoms with Gasteiger partial charge in [-0.15, -0.1) is 0 Å². The van der Waals surface area contributed by atoms with E-state index in [1.165, 1.54) is 10.9 Å². The van der Waals surface area contributed by atoms with Crippen molar-refractivity contribution < 1.29 is 4.79 Å². The molecule has 2 aliphatic rings. The first-order chi connectivity index (χ1) is 14.5. The second kappa shape index (κ2) is 9.23. The van der Waals surface area contributed by atoms with Crippen molar-refractivity contribution in [3.63, 3.8) is 0 Å². The standard InChI is InChI=1S/C24H33N5O/c1-18-13-20(16-29(15-18)23(30)17-28-11-9-27(3)10-12-28)21-7-6-19(14-25-2)24-22(21)5-4-8-26-24/h4-8,14,18,20H,9-13,15-17H2,1-3H3/b25-14+/t18-,20-/m1/s1. The molecule has 0 spiro atoms. The molecular weight excluding hydrogens is 374 g/mol. The molecule has 2 atom stereocenters. The highest BCUT2D eigenvalue weighted by Gasteiger charge is 2.31. The van der Waals surface area contributed by atoms with E-state index in [1.54, 1.807) is 7.05 Å². The van der Waals surface area contributed by atoms with E-state index in [2.05, 4.69) is 56.8 Å². The quantitative estimate of drug-likeness (QED) is 0.731. The number of carbonyl (C=O) groups excluding carboxylic acids is 1. The Hall–Kier alpha value is -2.31. The minimum atomic E-state index is 0.272. The van der Waals surface area contributed by atoms with E-state index in [0.29, 0.717) is 18.4 Å². The van der Waals surface area contributed by atoms with Crippen LogP contribution in [-0.2, 0) is 4.79 Å². The highest BCUT2D eigenvalue weighted by atomic mass is 16.2. The fourth-order valence-electron chi connectivity index (χ4n) is 4.89. The van der Waals surface area contributed by atoms with Crippen LogP contribution in [0.1, 0.15) is 30.4 Å². The smallest absolute Gasteiger partial charge is 0.236 e. The van der Waals surface area contributed by atoms with Gasteiger partial charge in [0.25, 0.3) is 0 Å². The highest BCUT2D eigenvalue weighted by Crippen LogP contribution is 2.34. The van der Waals surface area contributed by atoms with Crippen molar-refractivity contribution in [1.82, 2.24) is 19.7 Å². The topological polar surface area (TPSA) is 52.0 Å². The maximum absolute atomic E-state index is 13.1. The number of piperazine rings is 1. The summed E-state index contributed by atoms with van der Waals surface area (Å²) in [4.78, 5) is 28.6. The number of fused-ring (bicyclic) bond motifs is 1. The Labute approximate surface area is 179 Å². The third kappa shape index (κ3) is 4.55. The van der Waals surface area contributed by atoms with Crippen LogP contribution in [0.3, 0.4) is 0 Å². The minimum absolute atomic E-state index is 0.272. The molecule has 1 aromatic carbocycles. The van der Waals surface area contributed by atoms with E-state index in [-0.39, 0.29) is 5.91 Å². The molecule has 0 aliphatic carbocycles. The Morgan fingerprint density at radius 3 is 2.77 bits per heavy atom. The molecule has 0 N–H and O–H groups in total. The molecule has 1 amide bonds. The van der Waals surface area contributed by atoms with Crippen molar-refractivity contribution in [2.45, 2.75) is 19.3 Å². The SMILES string of the molecule is C/N=C/c1ccc([C@@H]2C[C@@H](C)CN(C(=O)CN3CCN(C)CC3)C2)c2cccnc12. The number of carbonyl (C=O) groups is 1. The van der Waals surface area contributed by atoms with Gasteiger partial charge < -0.3 is 9.80 Å². The van der Waals surface area contributed by atoms with Crippen molar-refractivity contribution in [3.8, 4) is 0 Å². The first-order valence-electron chi connectivity index (χ1n) is 11.0. The molecule has 3 heterocycles. The van der Waals surface area contributed by atoms with Crippen LogP contribution in [0.2, 0.25) is 0 Å². The lowest BCUT2D eigenvalue weighted by Crippen LogP contribution is -2.51. The van der Waals surface area contributed by atoms with Crippen LogP contribution < -0.4 is 0 Å². The minimum Gasteiger partial charge on any atom is -0.341 e. The third-order valence-corrected chi connectivity index (χ3v) is 6.51. The number of benzene rings is 1. The summed E-state index contributed by atoms with van der Waals surface area (Å²) in [5.74, 6) is 1.10. The van der Waals surface area contributed by atoms with Gasteiger partial charge >= 0.3 is 0 Å². The van der Waals surface area contributed by atoms with Crippen LogP contribution in [0.15, 0.2) is 35.5 Å². The van der Waals surface area contributed by atoms with E-state index >= 15 is 0 Å². The molecule has 0 bridgehead atoms. The molecule has 2 aromatic rings. The van der Waals surface area contributed by atoms with Gasteiger partial charge in [-0.25, -0.2) is 0 Å². The van der Waals surface area contributed by atoms with Gasteiger partial charge in [0.05, 0.1) is 12.1 Å². The largest absolute Gasteiger partial charge is 0.341 e. The van der Waals surface area contributed by atoms with Crippen LogP contribution in [0.5, 0.6) is 0 Å². The summed E-state index contributed by atoms with van der Waals surface area (Å²) in [5, 5.41) is 1.18. The van der Waals surface area contributed by atoms with Gasteiger partial charge in [0.2, 0.25) is 5.91 Å². The molecule has 0 saturated carbocycles. The van der Waals surface area contributed by atoms with Crippen molar-refractivity contribution >= 4 is 23.0 Å². The van der Waals surface area contributed by atoms with Crippen molar-refractivity contribution in [3.05, 3.63) is 41.6 Å². The van der Waals surface area contributed by atoms with Crippen LogP contribution in [0.4, 0.5) is 0 Å². The summed E-state index contributed by atoms with van der Waals surface area (Å²) in [7, 11) is 3.93. The predicted molar refractivity (Wildman–Crippen MR) is 122 cm³/mol. The molecule has 4 rings (SSSR count). The van der Waals surface area contributed by atoms with Gasteiger partial charge in [-0.2, -0.15) is 0 Å². The second-order valence-electron chi connectivity index (χ2n) is 8.95. The summed E-state index contributed by atoms with van der Waals surface area (Å²) in [6, 6.07) is 8.49. The molecule has 0 radical (unpaired) electrons. The number of aromatic nitrogens is 1. The lowest BCUT2D eigenvalue weighted by atomic mass is 9.83. The van der Waals surface area contributed by atoms with Crippen molar-refractivity contribution in [2.75, 3.05) is 59.9 Å². The fourth-order valence-corrected chi connectivity index (χ4v) is 4.89. The Morgan fingerprint density at radius 2 is 2.00 bits per heavy atom. The first-order valence-corrected chi connectivity index (χ1v) is 11.0. The zero-order chi connectivity index (χ0) is 21.1. The van der Waals surface area contributed by atoms with Gasteiger partial charge in [0.15, 0.2) is 0 Å². The van der Waals surface area contributed by atoms with Gasteiger partial charge in [0.1, 0.15) is 0 Å². The Balaban J connectivity index is 1.54. The zero-order valence-electron chi connectivity index (χ0n) is 18.4. The molecule has 160 valence electrons. The van der Waals surface area contributed by atoms with Gasteiger partial charge in [-0.3, -0.25) is 19.7 Å². The number of amides is 1. The molecular formula is C24H33N5O. The second-order valence-corrected chi connectivity index (χ2v) is 8.95. The number of likely N-dealkylation sites (tertiary alicyclic amines) is 1. The lowest BCUT2D eigenvalue weighted by Gasteiger charge is -2.39. The fraction of sp³-hybridized carbons (Fsp3) is 0.542. The number of aliphatic imine (C=N–C) groups is 1. The highest BCUT2D eigenvalue weighted by molar-refractivity contribution is 5.99. The van der Waals surface area contributed by atoms with Crippen LogP contribution in [-0.4, -0.2) is 91.7 Å². The van der Waals surface area contributed by atoms with E-state index in [9.17, 15) is 4.79 Å². The monoisotopic (exact) mass is 407 g/mol. The maximum atomic E-state index is 13.1. The summed E-state index contributed by atoms with van der Waals surface area (Å²) >= 11 is 0.